The first-order valence-electron chi connectivity index (χ1n) is 9.66. The van der Waals surface area contributed by atoms with Crippen LogP contribution in [0, 0.1) is 0 Å². The van der Waals surface area contributed by atoms with Crippen LogP contribution in [0.1, 0.15) is 52.4 Å². The minimum Gasteiger partial charge on any atom is -0.352 e. The van der Waals surface area contributed by atoms with Crippen LogP contribution in [0.15, 0.2) is 28.2 Å². The Morgan fingerprint density at radius 3 is 2.81 bits per heavy atom. The molecule has 1 aromatic heterocycles. The van der Waals surface area contributed by atoms with E-state index in [1.54, 1.807) is 22.8 Å². The lowest BCUT2D eigenvalue weighted by Crippen LogP contribution is -2.40. The molecule has 1 aliphatic carbocycles. The summed E-state index contributed by atoms with van der Waals surface area (Å²) in [5.74, 6) is 0.00962. The van der Waals surface area contributed by atoms with E-state index < -0.39 is 0 Å². The lowest BCUT2D eigenvalue weighted by atomic mass is 9.95. The highest BCUT2D eigenvalue weighted by molar-refractivity contribution is 8.00. The van der Waals surface area contributed by atoms with Gasteiger partial charge < -0.3 is 5.32 Å². The minimum atomic E-state index is -0.321. The first-order chi connectivity index (χ1) is 13.0. The molecule has 0 bridgehead atoms. The molecule has 1 N–H and O–H groups in total. The zero-order valence-corrected chi connectivity index (χ0v) is 17.4. The fourth-order valence-corrected chi connectivity index (χ4v) is 4.57. The van der Waals surface area contributed by atoms with Crippen LogP contribution in [0.4, 0.5) is 0 Å². The van der Waals surface area contributed by atoms with E-state index in [-0.39, 0.29) is 22.8 Å². The second-order valence-electron chi connectivity index (χ2n) is 7.12. The number of carbonyl (C=O) groups excluding carboxylic acids is 1. The summed E-state index contributed by atoms with van der Waals surface area (Å²) in [6.07, 6.45) is 6.53. The third-order valence-electron chi connectivity index (χ3n) is 4.93. The SMILES string of the molecule is CCCn1c(SC(C)C(=O)NC2CCCCC2)nc2cc(Cl)ccc2c1=O. The first-order valence-corrected chi connectivity index (χ1v) is 10.9. The fourth-order valence-electron chi connectivity index (χ4n) is 3.46. The van der Waals surface area contributed by atoms with E-state index in [1.807, 2.05) is 13.8 Å². The van der Waals surface area contributed by atoms with Gasteiger partial charge in [-0.15, -0.1) is 0 Å². The zero-order valence-electron chi connectivity index (χ0n) is 15.8. The summed E-state index contributed by atoms with van der Waals surface area (Å²) < 4.78 is 1.67. The summed E-state index contributed by atoms with van der Waals surface area (Å²) >= 11 is 7.41. The van der Waals surface area contributed by atoms with E-state index in [4.69, 9.17) is 11.6 Å². The molecule has 1 unspecified atom stereocenters. The smallest absolute Gasteiger partial charge is 0.262 e. The van der Waals surface area contributed by atoms with Crippen LogP contribution in [0.2, 0.25) is 5.02 Å². The van der Waals surface area contributed by atoms with Crippen LogP contribution in [0.5, 0.6) is 0 Å². The van der Waals surface area contributed by atoms with E-state index in [0.29, 0.717) is 27.6 Å². The number of fused-ring (bicyclic) bond motifs is 1. The number of nitrogens with zero attached hydrogens (tertiary/aromatic N) is 2. The van der Waals surface area contributed by atoms with Crippen LogP contribution >= 0.6 is 23.4 Å². The van der Waals surface area contributed by atoms with Gasteiger partial charge in [-0.05, 0) is 44.4 Å². The zero-order chi connectivity index (χ0) is 19.4. The predicted molar refractivity (Wildman–Crippen MR) is 112 cm³/mol. The molecule has 1 heterocycles. The van der Waals surface area contributed by atoms with E-state index >= 15 is 0 Å². The molecule has 2 aromatic rings. The molecule has 1 aromatic carbocycles. The molecule has 1 atom stereocenters. The van der Waals surface area contributed by atoms with Gasteiger partial charge in [0.25, 0.3) is 5.56 Å². The fraction of sp³-hybridized carbons (Fsp3) is 0.550. The van der Waals surface area contributed by atoms with E-state index in [0.717, 1.165) is 19.3 Å². The summed E-state index contributed by atoms with van der Waals surface area (Å²) in [6, 6.07) is 5.39. The average Bonchev–Trinajstić information content (AvgIpc) is 2.65. The van der Waals surface area contributed by atoms with Crippen molar-refractivity contribution in [2.75, 3.05) is 0 Å². The molecule has 0 spiro atoms. The highest BCUT2D eigenvalue weighted by Crippen LogP contribution is 2.25. The number of aromatic nitrogens is 2. The van der Waals surface area contributed by atoms with Crippen molar-refractivity contribution < 1.29 is 4.79 Å². The average molecular weight is 408 g/mol. The number of carbonyl (C=O) groups is 1. The monoisotopic (exact) mass is 407 g/mol. The third kappa shape index (κ3) is 4.85. The number of halogens is 1. The minimum absolute atomic E-state index is 0.00962. The lowest BCUT2D eigenvalue weighted by Gasteiger charge is -2.24. The molecule has 27 heavy (non-hydrogen) atoms. The Morgan fingerprint density at radius 1 is 1.37 bits per heavy atom. The highest BCUT2D eigenvalue weighted by atomic mass is 35.5. The van der Waals surface area contributed by atoms with Crippen LogP contribution in [-0.4, -0.2) is 26.8 Å². The number of thioether (sulfide) groups is 1. The van der Waals surface area contributed by atoms with Gasteiger partial charge >= 0.3 is 0 Å². The molecule has 0 aliphatic heterocycles. The van der Waals surface area contributed by atoms with Crippen LogP contribution in [0.3, 0.4) is 0 Å². The molecule has 5 nitrogen and oxygen atoms in total. The topological polar surface area (TPSA) is 64.0 Å². The van der Waals surface area contributed by atoms with Gasteiger partial charge in [0.2, 0.25) is 5.91 Å². The van der Waals surface area contributed by atoms with E-state index in [9.17, 15) is 9.59 Å². The van der Waals surface area contributed by atoms with Crippen LogP contribution in [-0.2, 0) is 11.3 Å². The maximum Gasteiger partial charge on any atom is 0.262 e. The largest absolute Gasteiger partial charge is 0.352 e. The Hall–Kier alpha value is -1.53. The maximum atomic E-state index is 12.9. The van der Waals surface area contributed by atoms with Crippen molar-refractivity contribution in [3.05, 3.63) is 33.6 Å². The number of nitrogens with one attached hydrogen (secondary N) is 1. The molecule has 3 rings (SSSR count). The van der Waals surface area contributed by atoms with E-state index in [1.165, 1.54) is 31.0 Å². The number of hydrogen-bond acceptors (Lipinski definition) is 4. The van der Waals surface area contributed by atoms with Crippen molar-refractivity contribution in [3.63, 3.8) is 0 Å². The lowest BCUT2D eigenvalue weighted by molar-refractivity contribution is -0.121. The molecule has 1 saturated carbocycles. The number of benzene rings is 1. The van der Waals surface area contributed by atoms with Gasteiger partial charge in [0.15, 0.2) is 5.16 Å². The van der Waals surface area contributed by atoms with Crippen molar-refractivity contribution in [2.45, 2.75) is 75.4 Å². The Labute approximate surface area is 168 Å². The summed E-state index contributed by atoms with van der Waals surface area (Å²) in [7, 11) is 0. The van der Waals surface area contributed by atoms with Crippen molar-refractivity contribution in [1.29, 1.82) is 0 Å². The Balaban J connectivity index is 1.84. The number of hydrogen-bond donors (Lipinski definition) is 1. The van der Waals surface area contributed by atoms with Gasteiger partial charge in [0.1, 0.15) is 0 Å². The molecule has 0 radical (unpaired) electrons. The van der Waals surface area contributed by atoms with E-state index in [2.05, 4.69) is 10.3 Å². The molecule has 7 heteroatoms. The summed E-state index contributed by atoms with van der Waals surface area (Å²) in [6.45, 7) is 4.46. The summed E-state index contributed by atoms with van der Waals surface area (Å²) in [5, 5.41) is 4.50. The highest BCUT2D eigenvalue weighted by Gasteiger charge is 2.22. The molecule has 146 valence electrons. The normalized spacial score (nSPS) is 16.4. The summed E-state index contributed by atoms with van der Waals surface area (Å²) in [5.41, 5.74) is 0.489. The summed E-state index contributed by atoms with van der Waals surface area (Å²) in [4.78, 5) is 30.2. The molecule has 1 aliphatic rings. The van der Waals surface area contributed by atoms with Gasteiger partial charge in [-0.25, -0.2) is 4.98 Å². The van der Waals surface area contributed by atoms with Crippen molar-refractivity contribution >= 4 is 40.2 Å². The van der Waals surface area contributed by atoms with Gasteiger partial charge in [-0.2, -0.15) is 0 Å². The molecule has 0 saturated heterocycles. The number of amides is 1. The van der Waals surface area contributed by atoms with Crippen molar-refractivity contribution in [3.8, 4) is 0 Å². The Kier molecular flexibility index (Phi) is 6.82. The second-order valence-corrected chi connectivity index (χ2v) is 8.86. The Morgan fingerprint density at radius 2 is 2.11 bits per heavy atom. The quantitative estimate of drug-likeness (QED) is 0.569. The van der Waals surface area contributed by atoms with Gasteiger partial charge in [0, 0.05) is 17.6 Å². The molecular formula is C20H26ClN3O2S. The van der Waals surface area contributed by atoms with Gasteiger partial charge in [-0.3, -0.25) is 14.2 Å². The van der Waals surface area contributed by atoms with Crippen LogP contribution < -0.4 is 10.9 Å². The predicted octanol–water partition coefficient (Wildman–Crippen LogP) is 4.39. The van der Waals surface area contributed by atoms with Crippen LogP contribution in [0.25, 0.3) is 10.9 Å². The van der Waals surface area contributed by atoms with Gasteiger partial charge in [-0.1, -0.05) is 49.5 Å². The molecule has 1 amide bonds. The Bertz CT molecular complexity index is 877. The standard InChI is InChI=1S/C20H26ClN3O2S/c1-3-11-24-19(26)16-10-9-14(21)12-17(16)23-20(24)27-13(2)18(25)22-15-7-5-4-6-8-15/h9-10,12-13,15H,3-8,11H2,1-2H3,(H,22,25). The van der Waals surface area contributed by atoms with Gasteiger partial charge in [0.05, 0.1) is 16.2 Å². The van der Waals surface area contributed by atoms with Crippen molar-refractivity contribution in [2.24, 2.45) is 0 Å². The third-order valence-corrected chi connectivity index (χ3v) is 6.26. The maximum absolute atomic E-state index is 12.9. The number of rotatable bonds is 6. The second kappa shape index (κ2) is 9.11. The molecule has 1 fully saturated rings. The van der Waals surface area contributed by atoms with Crippen molar-refractivity contribution in [1.82, 2.24) is 14.9 Å². The molecular weight excluding hydrogens is 382 g/mol. The first kappa shape index (κ1) is 20.2.